The standard InChI is InChI=1S/C48H34N4O/c1-48(2)35-23-11-9-19-31(35)42-36(48)27-28-38-43(42)32-20-10-12-24-37(32)52(38)39-25-13-21-33-41-34(22-14-26-40(41)53-44(33)39)47-50-45(29-15-5-3-6-16-29)49-46(51-47)30-17-7-4-8-18-30/h3-28,45H,1-2H3,(H,49,50,51). The molecule has 0 radical (unpaired) electrons. The maximum atomic E-state index is 6.91. The van der Waals surface area contributed by atoms with E-state index in [-0.39, 0.29) is 11.6 Å². The summed E-state index contributed by atoms with van der Waals surface area (Å²) >= 11 is 0. The predicted molar refractivity (Wildman–Crippen MR) is 217 cm³/mol. The highest BCUT2D eigenvalue weighted by atomic mass is 16.3. The highest BCUT2D eigenvalue weighted by Gasteiger charge is 2.37. The normalized spacial score (nSPS) is 16.1. The number of para-hydroxylation sites is 2. The Kier molecular flexibility index (Phi) is 6.30. The van der Waals surface area contributed by atoms with Gasteiger partial charge >= 0.3 is 0 Å². The number of nitrogens with one attached hydrogen (secondary N) is 1. The van der Waals surface area contributed by atoms with Crippen LogP contribution in [0.25, 0.3) is 60.6 Å². The summed E-state index contributed by atoms with van der Waals surface area (Å²) in [4.78, 5) is 10.2. The highest BCUT2D eigenvalue weighted by Crippen LogP contribution is 2.53. The zero-order chi connectivity index (χ0) is 35.3. The fourth-order valence-corrected chi connectivity index (χ4v) is 8.83. The third-order valence-corrected chi connectivity index (χ3v) is 11.3. The van der Waals surface area contributed by atoms with Crippen LogP contribution >= 0.6 is 0 Å². The Morgan fingerprint density at radius 1 is 0.604 bits per heavy atom. The smallest absolute Gasteiger partial charge is 0.159 e. The second kappa shape index (κ2) is 11.1. The van der Waals surface area contributed by atoms with E-state index in [1.54, 1.807) is 0 Å². The summed E-state index contributed by atoms with van der Waals surface area (Å²) in [6, 6.07) is 55.6. The van der Waals surface area contributed by atoms with Gasteiger partial charge in [-0.3, -0.25) is 0 Å². The average molecular weight is 683 g/mol. The van der Waals surface area contributed by atoms with Gasteiger partial charge in [0.15, 0.2) is 11.4 Å². The molecule has 0 spiro atoms. The van der Waals surface area contributed by atoms with E-state index in [1.165, 1.54) is 38.5 Å². The van der Waals surface area contributed by atoms with E-state index in [9.17, 15) is 0 Å². The summed E-state index contributed by atoms with van der Waals surface area (Å²) in [7, 11) is 0. The summed E-state index contributed by atoms with van der Waals surface area (Å²) < 4.78 is 9.30. The second-order valence-electron chi connectivity index (χ2n) is 14.6. The third-order valence-electron chi connectivity index (χ3n) is 11.3. The van der Waals surface area contributed by atoms with Gasteiger partial charge in [-0.25, -0.2) is 9.98 Å². The number of fused-ring (bicyclic) bond motifs is 10. The molecule has 1 aliphatic carbocycles. The van der Waals surface area contributed by atoms with Crippen LogP contribution in [0, 0.1) is 0 Å². The van der Waals surface area contributed by atoms with Gasteiger partial charge in [0, 0.05) is 38.1 Å². The van der Waals surface area contributed by atoms with E-state index in [0.29, 0.717) is 5.84 Å². The molecule has 2 aromatic heterocycles. The van der Waals surface area contributed by atoms with Crippen LogP contribution in [0.15, 0.2) is 172 Å². The molecule has 53 heavy (non-hydrogen) atoms. The van der Waals surface area contributed by atoms with Crippen molar-refractivity contribution in [2.45, 2.75) is 25.4 Å². The zero-order valence-electron chi connectivity index (χ0n) is 29.3. The lowest BCUT2D eigenvalue weighted by Gasteiger charge is -2.24. The highest BCUT2D eigenvalue weighted by molar-refractivity contribution is 6.23. The van der Waals surface area contributed by atoms with Gasteiger partial charge in [0.2, 0.25) is 0 Å². The molecule has 1 aliphatic heterocycles. The number of nitrogens with zero attached hydrogens (tertiary/aromatic N) is 3. The minimum atomic E-state index is -0.294. The number of benzene rings is 7. The van der Waals surface area contributed by atoms with Gasteiger partial charge in [-0.1, -0.05) is 147 Å². The molecule has 0 bridgehead atoms. The van der Waals surface area contributed by atoms with Crippen LogP contribution in [0.1, 0.15) is 47.8 Å². The third kappa shape index (κ3) is 4.31. The van der Waals surface area contributed by atoms with Crippen LogP contribution in [-0.4, -0.2) is 16.2 Å². The molecule has 0 saturated heterocycles. The van der Waals surface area contributed by atoms with Gasteiger partial charge in [-0.15, -0.1) is 0 Å². The molecule has 0 saturated carbocycles. The Morgan fingerprint density at radius 2 is 1.32 bits per heavy atom. The van der Waals surface area contributed by atoms with Crippen LogP contribution in [0.5, 0.6) is 0 Å². The van der Waals surface area contributed by atoms with Crippen LogP contribution in [0.4, 0.5) is 0 Å². The SMILES string of the molecule is CC1(C)c2ccccc2-c2c1ccc1c2c2ccccc2n1-c1cccc2c1oc1cccc(C3=NC(c4ccccc4)=NC(c4ccccc4)N3)c12. The van der Waals surface area contributed by atoms with Gasteiger partial charge in [-0.2, -0.15) is 0 Å². The first-order valence-corrected chi connectivity index (χ1v) is 18.2. The van der Waals surface area contributed by atoms with Crippen LogP contribution < -0.4 is 5.32 Å². The molecule has 5 heteroatoms. The van der Waals surface area contributed by atoms with Gasteiger partial charge in [0.05, 0.1) is 16.7 Å². The van der Waals surface area contributed by atoms with Crippen molar-refractivity contribution in [2.75, 3.05) is 0 Å². The van der Waals surface area contributed by atoms with Crippen molar-refractivity contribution >= 4 is 55.4 Å². The average Bonchev–Trinajstić information content (AvgIpc) is 3.84. The van der Waals surface area contributed by atoms with E-state index in [4.69, 9.17) is 14.4 Å². The number of aromatic nitrogens is 1. The Balaban J connectivity index is 1.15. The maximum Gasteiger partial charge on any atom is 0.159 e. The number of amidine groups is 2. The van der Waals surface area contributed by atoms with Crippen molar-refractivity contribution in [1.82, 2.24) is 9.88 Å². The monoisotopic (exact) mass is 682 g/mol. The minimum Gasteiger partial charge on any atom is -0.454 e. The Hall–Kier alpha value is -6.72. The van der Waals surface area contributed by atoms with Gasteiger partial charge in [0.1, 0.15) is 17.6 Å². The van der Waals surface area contributed by atoms with Gasteiger partial charge in [0.25, 0.3) is 0 Å². The molecule has 2 aliphatic rings. The molecular weight excluding hydrogens is 649 g/mol. The molecule has 7 aromatic carbocycles. The lowest BCUT2D eigenvalue weighted by Crippen LogP contribution is -2.33. The summed E-state index contributed by atoms with van der Waals surface area (Å²) in [5.41, 5.74) is 13.3. The molecule has 252 valence electrons. The molecule has 3 heterocycles. The van der Waals surface area contributed by atoms with Crippen LogP contribution in [0.2, 0.25) is 0 Å². The van der Waals surface area contributed by atoms with Crippen molar-refractivity contribution in [3.05, 3.63) is 186 Å². The zero-order valence-corrected chi connectivity index (χ0v) is 29.3. The summed E-state index contributed by atoms with van der Waals surface area (Å²) in [5.74, 6) is 1.46. The fourth-order valence-electron chi connectivity index (χ4n) is 8.83. The van der Waals surface area contributed by atoms with Crippen molar-refractivity contribution in [3.63, 3.8) is 0 Å². The number of rotatable bonds is 4. The van der Waals surface area contributed by atoms with E-state index in [1.807, 2.05) is 24.3 Å². The summed E-state index contributed by atoms with van der Waals surface area (Å²) in [6.07, 6.45) is -0.294. The van der Waals surface area contributed by atoms with E-state index in [0.717, 1.165) is 55.7 Å². The van der Waals surface area contributed by atoms with E-state index >= 15 is 0 Å². The topological polar surface area (TPSA) is 54.8 Å². The first-order valence-electron chi connectivity index (χ1n) is 18.2. The molecule has 11 rings (SSSR count). The number of hydrogen-bond donors (Lipinski definition) is 1. The van der Waals surface area contributed by atoms with Crippen molar-refractivity contribution in [1.29, 1.82) is 0 Å². The lowest BCUT2D eigenvalue weighted by atomic mass is 9.82. The van der Waals surface area contributed by atoms with Gasteiger partial charge in [-0.05, 0) is 52.1 Å². The van der Waals surface area contributed by atoms with E-state index in [2.05, 4.69) is 157 Å². The molecule has 1 N–H and O–H groups in total. The minimum absolute atomic E-state index is 0.0844. The van der Waals surface area contributed by atoms with Crippen molar-refractivity contribution in [3.8, 4) is 16.8 Å². The molecule has 1 unspecified atom stereocenters. The molecule has 9 aromatic rings. The molecule has 1 atom stereocenters. The quantitative estimate of drug-likeness (QED) is 0.201. The predicted octanol–water partition coefficient (Wildman–Crippen LogP) is 11.5. The summed E-state index contributed by atoms with van der Waals surface area (Å²) in [5, 5.41) is 8.26. The Bertz CT molecular complexity index is 3000. The first-order chi connectivity index (χ1) is 26.1. The Morgan fingerprint density at radius 3 is 2.19 bits per heavy atom. The van der Waals surface area contributed by atoms with Crippen molar-refractivity contribution in [2.24, 2.45) is 9.98 Å². The molecule has 0 amide bonds. The maximum absolute atomic E-state index is 6.91. The largest absolute Gasteiger partial charge is 0.454 e. The summed E-state index contributed by atoms with van der Waals surface area (Å²) in [6.45, 7) is 4.69. The van der Waals surface area contributed by atoms with Crippen LogP contribution in [-0.2, 0) is 5.41 Å². The number of hydrogen-bond acceptors (Lipinski definition) is 4. The van der Waals surface area contributed by atoms with Gasteiger partial charge < -0.3 is 14.3 Å². The van der Waals surface area contributed by atoms with E-state index < -0.39 is 0 Å². The molecule has 5 nitrogen and oxygen atoms in total. The molecule has 0 fully saturated rings. The first kappa shape index (κ1) is 30.0. The lowest BCUT2D eigenvalue weighted by molar-refractivity contribution is 0.660. The molecular formula is C48H34N4O. The van der Waals surface area contributed by atoms with Crippen LogP contribution in [0.3, 0.4) is 0 Å². The number of furan rings is 1. The van der Waals surface area contributed by atoms with Crippen molar-refractivity contribution < 1.29 is 4.42 Å². The second-order valence-corrected chi connectivity index (χ2v) is 14.6. The fraction of sp³-hybridized carbons (Fsp3) is 0.0833. The Labute approximate surface area is 306 Å². The number of aliphatic imine (C=N–C) groups is 2.